The number of nitrogens with one attached hydrogen (secondary N) is 1. The number of carbonyl (C=O) groups excluding carboxylic acids is 2. The molecule has 1 heterocycles. The van der Waals surface area contributed by atoms with E-state index in [-0.39, 0.29) is 24.3 Å². The van der Waals surface area contributed by atoms with E-state index in [4.69, 9.17) is 0 Å². The zero-order valence-corrected chi connectivity index (χ0v) is 18.2. The third-order valence-electron chi connectivity index (χ3n) is 5.65. The van der Waals surface area contributed by atoms with Crippen LogP contribution in [0.3, 0.4) is 0 Å². The van der Waals surface area contributed by atoms with Gasteiger partial charge in [0.05, 0.1) is 12.6 Å². The Hall–Kier alpha value is -1.02. The van der Waals surface area contributed by atoms with Gasteiger partial charge in [-0.3, -0.25) is 14.5 Å². The van der Waals surface area contributed by atoms with Crippen molar-refractivity contribution in [3.63, 3.8) is 0 Å². The van der Waals surface area contributed by atoms with E-state index in [1.807, 2.05) is 6.92 Å². The summed E-state index contributed by atoms with van der Waals surface area (Å²) in [6.45, 7) is 21.3. The van der Waals surface area contributed by atoms with Gasteiger partial charge in [-0.2, -0.15) is 0 Å². The van der Waals surface area contributed by atoms with Crippen molar-refractivity contribution < 1.29 is 9.59 Å². The van der Waals surface area contributed by atoms with Crippen molar-refractivity contribution in [1.29, 1.82) is 0 Å². The minimum absolute atomic E-state index is 0.0148. The Morgan fingerprint density at radius 3 is 1.48 bits per heavy atom. The molecule has 1 aliphatic rings. The number of hydrogen-bond acceptors (Lipinski definition) is 6. The van der Waals surface area contributed by atoms with Gasteiger partial charge in [-0.15, -0.1) is 0 Å². The fourth-order valence-electron chi connectivity index (χ4n) is 3.41. The van der Waals surface area contributed by atoms with Crippen molar-refractivity contribution in [2.75, 3.05) is 78.5 Å². The molecule has 0 radical (unpaired) electrons. The van der Waals surface area contributed by atoms with Gasteiger partial charge in [-0.05, 0) is 33.5 Å². The molecule has 0 aromatic heterocycles. The van der Waals surface area contributed by atoms with E-state index < -0.39 is 0 Å². The molecular weight excluding hydrogens is 342 g/mol. The molecule has 27 heavy (non-hydrogen) atoms. The second-order valence-corrected chi connectivity index (χ2v) is 7.43. The Morgan fingerprint density at radius 1 is 0.778 bits per heavy atom. The smallest absolute Gasteiger partial charge is 0.237 e. The van der Waals surface area contributed by atoms with Gasteiger partial charge < -0.3 is 20.0 Å². The van der Waals surface area contributed by atoms with E-state index in [2.05, 4.69) is 45.7 Å². The van der Waals surface area contributed by atoms with Gasteiger partial charge in [0.1, 0.15) is 5.78 Å². The van der Waals surface area contributed by atoms with Crippen molar-refractivity contribution in [3.8, 4) is 0 Å². The summed E-state index contributed by atoms with van der Waals surface area (Å²) in [4.78, 5) is 33.4. The van der Waals surface area contributed by atoms with Crippen LogP contribution in [0.4, 0.5) is 0 Å². The first-order valence-electron chi connectivity index (χ1n) is 10.6. The Kier molecular flexibility index (Phi) is 11.7. The fourth-order valence-corrected chi connectivity index (χ4v) is 3.41. The van der Waals surface area contributed by atoms with Crippen LogP contribution >= 0.6 is 0 Å². The van der Waals surface area contributed by atoms with Crippen LogP contribution in [0, 0.1) is 0 Å². The normalized spacial score (nSPS) is 21.2. The van der Waals surface area contributed by atoms with Crippen molar-refractivity contribution in [1.82, 2.24) is 24.9 Å². The van der Waals surface area contributed by atoms with Gasteiger partial charge in [-0.1, -0.05) is 20.8 Å². The van der Waals surface area contributed by atoms with Crippen LogP contribution in [-0.4, -0.2) is 116 Å². The van der Waals surface area contributed by atoms with E-state index >= 15 is 0 Å². The minimum atomic E-state index is -0.225. The number of hydrogen-bond donors (Lipinski definition) is 1. The Labute approximate surface area is 166 Å². The lowest BCUT2D eigenvalue weighted by Gasteiger charge is -2.35. The monoisotopic (exact) mass is 383 g/mol. The molecule has 1 N–H and O–H groups in total. The molecular formula is C20H41N5O2. The van der Waals surface area contributed by atoms with Crippen LogP contribution in [0.25, 0.3) is 0 Å². The summed E-state index contributed by atoms with van der Waals surface area (Å²) in [7, 11) is 0. The lowest BCUT2D eigenvalue weighted by Crippen LogP contribution is -2.52. The van der Waals surface area contributed by atoms with E-state index in [9.17, 15) is 9.59 Å². The third-order valence-corrected chi connectivity index (χ3v) is 5.65. The topological polar surface area (TPSA) is 59.1 Å². The Balaban J connectivity index is 2.78. The minimum Gasteiger partial charge on any atom is -0.348 e. The summed E-state index contributed by atoms with van der Waals surface area (Å²) < 4.78 is 0. The van der Waals surface area contributed by atoms with Gasteiger partial charge in [0.25, 0.3) is 0 Å². The number of nitrogens with zero attached hydrogens (tertiary/aromatic N) is 4. The van der Waals surface area contributed by atoms with E-state index in [0.717, 1.165) is 72.0 Å². The van der Waals surface area contributed by atoms with Crippen LogP contribution in [-0.2, 0) is 9.59 Å². The summed E-state index contributed by atoms with van der Waals surface area (Å²) in [6, 6.07) is -0.225. The molecule has 0 bridgehead atoms. The molecule has 7 heteroatoms. The van der Waals surface area contributed by atoms with Crippen molar-refractivity contribution in [2.24, 2.45) is 0 Å². The largest absolute Gasteiger partial charge is 0.348 e. The maximum Gasteiger partial charge on any atom is 0.237 e. The predicted molar refractivity (Wildman–Crippen MR) is 111 cm³/mol. The van der Waals surface area contributed by atoms with Crippen molar-refractivity contribution >= 4 is 11.7 Å². The molecule has 7 nitrogen and oxygen atoms in total. The van der Waals surface area contributed by atoms with E-state index in [1.54, 1.807) is 0 Å². The first-order valence-corrected chi connectivity index (χ1v) is 10.6. The summed E-state index contributed by atoms with van der Waals surface area (Å²) in [5, 5.41) is 2.77. The standard InChI is InChI=1S/C20H41N5O2/c1-6-22-9-11-23(7-2)13-15-25(16-14-24(8-3)12-10-22)19(5)20(27)21-17-18(4)26/h19H,6-17H2,1-5H3,(H,21,27). The van der Waals surface area contributed by atoms with E-state index in [1.165, 1.54) is 6.92 Å². The second kappa shape index (κ2) is 13.2. The molecule has 158 valence electrons. The first-order chi connectivity index (χ1) is 12.9. The number of rotatable bonds is 7. The maximum atomic E-state index is 12.5. The number of Topliss-reactive ketones (excluding diaryl/α,β-unsaturated/α-hetero) is 1. The van der Waals surface area contributed by atoms with Crippen LogP contribution < -0.4 is 5.32 Å². The highest BCUT2D eigenvalue weighted by Crippen LogP contribution is 2.04. The quantitative estimate of drug-likeness (QED) is 0.685. The molecule has 0 aromatic rings. The molecule has 0 aromatic carbocycles. The molecule has 1 rings (SSSR count). The number of carbonyl (C=O) groups is 2. The number of likely N-dealkylation sites (N-methyl/N-ethyl adjacent to an activating group) is 3. The first kappa shape index (κ1) is 24.0. The van der Waals surface area contributed by atoms with Gasteiger partial charge >= 0.3 is 0 Å². The number of ketones is 1. The van der Waals surface area contributed by atoms with Gasteiger partial charge in [0.2, 0.25) is 5.91 Å². The molecule has 0 spiro atoms. The maximum absolute atomic E-state index is 12.5. The van der Waals surface area contributed by atoms with Gasteiger partial charge in [0.15, 0.2) is 0 Å². The van der Waals surface area contributed by atoms with Crippen LogP contribution in [0.5, 0.6) is 0 Å². The fraction of sp³-hybridized carbons (Fsp3) is 0.900. The molecule has 1 saturated heterocycles. The van der Waals surface area contributed by atoms with Crippen molar-refractivity contribution in [3.05, 3.63) is 0 Å². The molecule has 1 fully saturated rings. The lowest BCUT2D eigenvalue weighted by molar-refractivity contribution is -0.128. The molecule has 1 atom stereocenters. The lowest BCUT2D eigenvalue weighted by atomic mass is 10.2. The zero-order chi connectivity index (χ0) is 20.2. The van der Waals surface area contributed by atoms with Gasteiger partial charge in [0, 0.05) is 52.4 Å². The zero-order valence-electron chi connectivity index (χ0n) is 18.2. The Morgan fingerprint density at radius 2 is 1.15 bits per heavy atom. The van der Waals surface area contributed by atoms with E-state index in [0.29, 0.717) is 0 Å². The van der Waals surface area contributed by atoms with Crippen LogP contribution in [0.1, 0.15) is 34.6 Å². The SMILES string of the molecule is CCN1CCN(CC)CCN(C(C)C(=O)NCC(C)=O)CCN(CC)CC1. The van der Waals surface area contributed by atoms with Crippen LogP contribution in [0.15, 0.2) is 0 Å². The molecule has 1 aliphatic heterocycles. The molecule has 0 aliphatic carbocycles. The summed E-state index contributed by atoms with van der Waals surface area (Å²) in [5.41, 5.74) is 0. The Bertz CT molecular complexity index is 426. The summed E-state index contributed by atoms with van der Waals surface area (Å²) >= 11 is 0. The summed E-state index contributed by atoms with van der Waals surface area (Å²) in [6.07, 6.45) is 0. The predicted octanol–water partition coefficient (Wildman–Crippen LogP) is 0.361. The van der Waals surface area contributed by atoms with Gasteiger partial charge in [-0.25, -0.2) is 0 Å². The van der Waals surface area contributed by atoms with Crippen molar-refractivity contribution in [2.45, 2.75) is 40.7 Å². The molecule has 0 saturated carbocycles. The molecule has 1 unspecified atom stereocenters. The average molecular weight is 384 g/mol. The average Bonchev–Trinajstić information content (AvgIpc) is 2.66. The molecule has 1 amide bonds. The summed E-state index contributed by atoms with van der Waals surface area (Å²) in [5.74, 6) is -0.0698. The number of amides is 1. The third kappa shape index (κ3) is 9.14. The second-order valence-electron chi connectivity index (χ2n) is 7.43. The van der Waals surface area contributed by atoms with Crippen LogP contribution in [0.2, 0.25) is 0 Å². The highest BCUT2D eigenvalue weighted by Gasteiger charge is 2.23. The highest BCUT2D eigenvalue weighted by molar-refractivity contribution is 5.87. The highest BCUT2D eigenvalue weighted by atomic mass is 16.2.